The van der Waals surface area contributed by atoms with Crippen molar-refractivity contribution < 1.29 is 19.8 Å². The minimum Gasteiger partial charge on any atom is -0.481 e. The fourth-order valence-electron chi connectivity index (χ4n) is 0.968. The summed E-state index contributed by atoms with van der Waals surface area (Å²) in [7, 11) is 0. The van der Waals surface area contributed by atoms with Gasteiger partial charge in [0.1, 0.15) is 0 Å². The highest BCUT2D eigenvalue weighted by molar-refractivity contribution is 8.04. The minimum absolute atomic E-state index is 0.0219. The molecule has 0 aliphatic carbocycles. The van der Waals surface area contributed by atoms with Gasteiger partial charge in [0.25, 0.3) is 0 Å². The molecule has 0 fully saturated rings. The molecule has 16 heavy (non-hydrogen) atoms. The standard InChI is InChI=1S/C11H10O4S/c12-10(13)7-6-9(11(14)15)16-8-4-2-1-3-5-8/h1-6H,7H2,(H,12,13)(H,14,15)/b9-6-. The second-order valence-electron chi connectivity index (χ2n) is 2.89. The maximum absolute atomic E-state index is 10.8. The van der Waals surface area contributed by atoms with Gasteiger partial charge in [-0.3, -0.25) is 4.79 Å². The second-order valence-corrected chi connectivity index (χ2v) is 4.00. The Morgan fingerprint density at radius 2 is 1.81 bits per heavy atom. The van der Waals surface area contributed by atoms with E-state index in [2.05, 4.69) is 0 Å². The van der Waals surface area contributed by atoms with E-state index in [1.807, 2.05) is 6.07 Å². The molecule has 0 saturated heterocycles. The lowest BCUT2D eigenvalue weighted by Crippen LogP contribution is -1.99. The van der Waals surface area contributed by atoms with Crippen molar-refractivity contribution in [2.75, 3.05) is 0 Å². The van der Waals surface area contributed by atoms with Crippen LogP contribution in [0.15, 0.2) is 46.2 Å². The Morgan fingerprint density at radius 1 is 1.19 bits per heavy atom. The van der Waals surface area contributed by atoms with Gasteiger partial charge < -0.3 is 10.2 Å². The maximum Gasteiger partial charge on any atom is 0.342 e. The zero-order valence-electron chi connectivity index (χ0n) is 8.29. The molecule has 0 bridgehead atoms. The van der Waals surface area contributed by atoms with Crippen LogP contribution in [0, 0.1) is 0 Å². The number of benzene rings is 1. The number of rotatable bonds is 5. The molecule has 4 nitrogen and oxygen atoms in total. The lowest BCUT2D eigenvalue weighted by Gasteiger charge is -2.01. The summed E-state index contributed by atoms with van der Waals surface area (Å²) >= 11 is 1.04. The quantitative estimate of drug-likeness (QED) is 0.607. The summed E-state index contributed by atoms with van der Waals surface area (Å²) in [6, 6.07) is 8.94. The first-order chi connectivity index (χ1) is 7.59. The average Bonchev–Trinajstić information content (AvgIpc) is 2.25. The van der Waals surface area contributed by atoms with E-state index < -0.39 is 11.9 Å². The number of carbonyl (C=O) groups is 2. The van der Waals surface area contributed by atoms with Gasteiger partial charge in [0.05, 0.1) is 11.3 Å². The van der Waals surface area contributed by atoms with E-state index in [-0.39, 0.29) is 11.3 Å². The molecule has 2 N–H and O–H groups in total. The largest absolute Gasteiger partial charge is 0.481 e. The Kier molecular flexibility index (Phi) is 4.60. The van der Waals surface area contributed by atoms with Gasteiger partial charge in [-0.2, -0.15) is 0 Å². The third kappa shape index (κ3) is 4.18. The van der Waals surface area contributed by atoms with E-state index in [9.17, 15) is 9.59 Å². The van der Waals surface area contributed by atoms with E-state index in [1.165, 1.54) is 6.08 Å². The van der Waals surface area contributed by atoms with Crippen LogP contribution in [-0.4, -0.2) is 22.2 Å². The predicted octanol–water partition coefficient (Wildman–Crippen LogP) is 2.22. The van der Waals surface area contributed by atoms with Crippen molar-refractivity contribution in [3.8, 4) is 0 Å². The monoisotopic (exact) mass is 238 g/mol. The van der Waals surface area contributed by atoms with Crippen molar-refractivity contribution in [2.24, 2.45) is 0 Å². The van der Waals surface area contributed by atoms with Crippen molar-refractivity contribution in [3.05, 3.63) is 41.3 Å². The molecule has 1 aromatic rings. The molecular weight excluding hydrogens is 228 g/mol. The molecule has 0 unspecified atom stereocenters. The molecule has 0 radical (unpaired) electrons. The minimum atomic E-state index is -1.12. The van der Waals surface area contributed by atoms with E-state index in [1.54, 1.807) is 24.3 Å². The molecule has 0 amide bonds. The molecule has 0 spiro atoms. The number of hydrogen-bond acceptors (Lipinski definition) is 3. The van der Waals surface area contributed by atoms with Gasteiger partial charge >= 0.3 is 11.9 Å². The van der Waals surface area contributed by atoms with Crippen molar-refractivity contribution in [2.45, 2.75) is 11.3 Å². The Bertz CT molecular complexity index is 411. The van der Waals surface area contributed by atoms with Crippen LogP contribution in [0.3, 0.4) is 0 Å². The smallest absolute Gasteiger partial charge is 0.342 e. The van der Waals surface area contributed by atoms with Gasteiger partial charge in [-0.15, -0.1) is 0 Å². The summed E-state index contributed by atoms with van der Waals surface area (Å²) < 4.78 is 0. The molecule has 1 rings (SSSR count). The lowest BCUT2D eigenvalue weighted by atomic mass is 10.4. The van der Waals surface area contributed by atoms with Crippen LogP contribution in [0.5, 0.6) is 0 Å². The summed E-state index contributed by atoms with van der Waals surface area (Å²) in [6.07, 6.45) is 0.907. The van der Waals surface area contributed by atoms with Crippen LogP contribution in [0.2, 0.25) is 0 Å². The van der Waals surface area contributed by atoms with Gasteiger partial charge in [0, 0.05) is 4.90 Å². The Balaban J connectivity index is 2.77. The fraction of sp³-hybridized carbons (Fsp3) is 0.0909. The van der Waals surface area contributed by atoms with Crippen LogP contribution >= 0.6 is 11.8 Å². The highest BCUT2D eigenvalue weighted by Crippen LogP contribution is 2.26. The molecule has 1 aromatic carbocycles. The molecule has 0 heterocycles. The zero-order chi connectivity index (χ0) is 12.0. The van der Waals surface area contributed by atoms with Gasteiger partial charge in [0.2, 0.25) is 0 Å². The van der Waals surface area contributed by atoms with Gasteiger partial charge in [-0.05, 0) is 12.1 Å². The normalized spacial score (nSPS) is 11.1. The Hall–Kier alpha value is -1.75. The number of carboxylic acid groups (broad SMARTS) is 2. The van der Waals surface area contributed by atoms with Crippen LogP contribution in [0.25, 0.3) is 0 Å². The first-order valence-corrected chi connectivity index (χ1v) is 5.29. The van der Waals surface area contributed by atoms with E-state index in [0.29, 0.717) is 0 Å². The summed E-state index contributed by atoms with van der Waals surface area (Å²) in [5, 5.41) is 17.3. The molecule has 0 aliphatic rings. The van der Waals surface area contributed by atoms with E-state index >= 15 is 0 Å². The second kappa shape index (κ2) is 5.97. The Morgan fingerprint density at radius 3 is 2.31 bits per heavy atom. The molecule has 0 aliphatic heterocycles. The number of carboxylic acids is 2. The average molecular weight is 238 g/mol. The molecule has 0 atom stereocenters. The van der Waals surface area contributed by atoms with Crippen LogP contribution in [0.1, 0.15) is 6.42 Å². The highest BCUT2D eigenvalue weighted by Gasteiger charge is 2.09. The maximum atomic E-state index is 10.8. The third-order valence-electron chi connectivity index (χ3n) is 1.64. The van der Waals surface area contributed by atoms with Gasteiger partial charge in [0.15, 0.2) is 0 Å². The van der Waals surface area contributed by atoms with Gasteiger partial charge in [-0.1, -0.05) is 36.0 Å². The number of hydrogen-bond donors (Lipinski definition) is 2. The SMILES string of the molecule is O=C(O)C/C=C(\Sc1ccccc1)C(=O)O. The molecule has 5 heteroatoms. The van der Waals surface area contributed by atoms with E-state index in [0.717, 1.165) is 16.7 Å². The van der Waals surface area contributed by atoms with Crippen LogP contribution < -0.4 is 0 Å². The summed E-state index contributed by atoms with van der Waals surface area (Å²) in [5.41, 5.74) is 0. The first-order valence-electron chi connectivity index (χ1n) is 4.47. The molecular formula is C11H10O4S. The summed E-state index contributed by atoms with van der Waals surface area (Å²) in [5.74, 6) is -2.16. The van der Waals surface area contributed by atoms with Gasteiger partial charge in [-0.25, -0.2) is 4.79 Å². The summed E-state index contributed by atoms with van der Waals surface area (Å²) in [4.78, 5) is 22.0. The lowest BCUT2D eigenvalue weighted by molar-refractivity contribution is -0.136. The predicted molar refractivity (Wildman–Crippen MR) is 60.3 cm³/mol. The highest BCUT2D eigenvalue weighted by atomic mass is 32.2. The topological polar surface area (TPSA) is 74.6 Å². The summed E-state index contributed by atoms with van der Waals surface area (Å²) in [6.45, 7) is 0. The number of thioether (sulfide) groups is 1. The number of aliphatic carboxylic acids is 2. The van der Waals surface area contributed by atoms with Crippen molar-refractivity contribution in [1.82, 2.24) is 0 Å². The first kappa shape index (κ1) is 12.3. The fourth-order valence-corrected chi connectivity index (χ4v) is 1.77. The zero-order valence-corrected chi connectivity index (χ0v) is 9.11. The Labute approximate surface area is 96.6 Å². The molecule has 0 saturated carbocycles. The van der Waals surface area contributed by atoms with Crippen molar-refractivity contribution >= 4 is 23.7 Å². The van der Waals surface area contributed by atoms with Crippen molar-refractivity contribution in [3.63, 3.8) is 0 Å². The third-order valence-corrected chi connectivity index (χ3v) is 2.71. The van der Waals surface area contributed by atoms with Crippen molar-refractivity contribution in [1.29, 1.82) is 0 Å². The van der Waals surface area contributed by atoms with E-state index in [4.69, 9.17) is 10.2 Å². The molecule has 84 valence electrons. The van der Waals surface area contributed by atoms with Crippen LogP contribution in [-0.2, 0) is 9.59 Å². The van der Waals surface area contributed by atoms with Crippen LogP contribution in [0.4, 0.5) is 0 Å². The molecule has 0 aromatic heterocycles.